The molecule has 3 aromatic heterocycles. The molecule has 4 rings (SSSR count). The van der Waals surface area contributed by atoms with E-state index in [1.165, 1.54) is 0 Å². The van der Waals surface area contributed by atoms with Gasteiger partial charge in [0.15, 0.2) is 5.65 Å². The molecule has 0 aliphatic rings. The molecule has 142 valence electrons. The summed E-state index contributed by atoms with van der Waals surface area (Å²) in [7, 11) is 0. The monoisotopic (exact) mass is 376 g/mol. The second-order valence-corrected chi connectivity index (χ2v) is 6.71. The first-order valence-corrected chi connectivity index (χ1v) is 9.16. The number of fused-ring (bicyclic) bond motifs is 2. The van der Waals surface area contributed by atoms with Crippen molar-refractivity contribution < 1.29 is 4.79 Å². The van der Waals surface area contributed by atoms with Crippen LogP contribution in [0.3, 0.4) is 0 Å². The van der Waals surface area contributed by atoms with Gasteiger partial charge >= 0.3 is 0 Å². The molecule has 1 amide bonds. The van der Waals surface area contributed by atoms with Gasteiger partial charge < -0.3 is 5.32 Å². The van der Waals surface area contributed by atoms with Crippen LogP contribution in [0, 0.1) is 0 Å². The lowest BCUT2D eigenvalue weighted by atomic mass is 10.1. The Balaban J connectivity index is 1.56. The highest BCUT2D eigenvalue weighted by Crippen LogP contribution is 2.19. The van der Waals surface area contributed by atoms with Crippen LogP contribution in [0.2, 0.25) is 0 Å². The minimum absolute atomic E-state index is 0.195. The lowest BCUT2D eigenvalue weighted by Crippen LogP contribution is -2.24. The van der Waals surface area contributed by atoms with Gasteiger partial charge in [-0.25, -0.2) is 14.8 Å². The predicted octanol–water partition coefficient (Wildman–Crippen LogP) is 2.57. The highest BCUT2D eigenvalue weighted by molar-refractivity contribution is 5.97. The Morgan fingerprint density at radius 3 is 2.82 bits per heavy atom. The Bertz CT molecular complexity index is 1230. The van der Waals surface area contributed by atoms with Gasteiger partial charge in [0.1, 0.15) is 0 Å². The lowest BCUT2D eigenvalue weighted by Gasteiger charge is -2.10. The van der Waals surface area contributed by atoms with E-state index in [4.69, 9.17) is 0 Å². The molecule has 0 aliphatic carbocycles. The Morgan fingerprint density at radius 2 is 2.04 bits per heavy atom. The van der Waals surface area contributed by atoms with E-state index in [0.717, 1.165) is 22.8 Å². The van der Waals surface area contributed by atoms with Crippen molar-refractivity contribution >= 4 is 27.7 Å². The molecule has 0 fully saturated rings. The Labute approximate surface area is 160 Å². The van der Waals surface area contributed by atoms with Crippen LogP contribution in [-0.2, 0) is 6.54 Å². The van der Waals surface area contributed by atoms with Crippen molar-refractivity contribution in [3.05, 3.63) is 64.3 Å². The molecule has 0 bridgehead atoms. The zero-order chi connectivity index (χ0) is 19.7. The number of rotatable bonds is 5. The zero-order valence-electron chi connectivity index (χ0n) is 15.6. The number of hydrogen-bond acceptors (Lipinski definition) is 5. The molecule has 0 saturated heterocycles. The quantitative estimate of drug-likeness (QED) is 0.557. The van der Waals surface area contributed by atoms with E-state index in [2.05, 4.69) is 39.4 Å². The summed E-state index contributed by atoms with van der Waals surface area (Å²) in [5.41, 5.74) is 1.56. The molecule has 3 heterocycles. The molecule has 8 nitrogen and oxygen atoms in total. The van der Waals surface area contributed by atoms with Crippen LogP contribution in [0.4, 0.5) is 0 Å². The van der Waals surface area contributed by atoms with E-state index in [1.54, 1.807) is 30.6 Å². The average molecular weight is 376 g/mol. The molecule has 8 heteroatoms. The summed E-state index contributed by atoms with van der Waals surface area (Å²) < 4.78 is 1.87. The van der Waals surface area contributed by atoms with Crippen LogP contribution in [0.1, 0.15) is 42.4 Å². The largest absolute Gasteiger partial charge is 0.346 e. The van der Waals surface area contributed by atoms with Gasteiger partial charge in [0.2, 0.25) is 0 Å². The zero-order valence-corrected chi connectivity index (χ0v) is 15.6. The number of H-pyrrole nitrogens is 1. The minimum atomic E-state index is -0.261. The fourth-order valence-electron chi connectivity index (χ4n) is 3.13. The molecule has 0 spiro atoms. The van der Waals surface area contributed by atoms with Crippen molar-refractivity contribution in [1.29, 1.82) is 0 Å². The van der Waals surface area contributed by atoms with Crippen LogP contribution in [0.5, 0.6) is 0 Å². The summed E-state index contributed by atoms with van der Waals surface area (Å²) in [6.07, 6.45) is 4.22. The Morgan fingerprint density at radius 1 is 1.25 bits per heavy atom. The molecular formula is C20H20N6O2. The smallest absolute Gasteiger partial charge is 0.272 e. The maximum Gasteiger partial charge on any atom is 0.272 e. The summed E-state index contributed by atoms with van der Waals surface area (Å²) >= 11 is 0. The number of nitrogens with one attached hydrogen (secondary N) is 2. The van der Waals surface area contributed by atoms with E-state index in [0.29, 0.717) is 16.6 Å². The second kappa shape index (κ2) is 7.22. The van der Waals surface area contributed by atoms with Crippen molar-refractivity contribution in [2.24, 2.45) is 0 Å². The first kappa shape index (κ1) is 17.8. The molecule has 2 N–H and O–H groups in total. The summed E-state index contributed by atoms with van der Waals surface area (Å²) in [5.74, 6) is -0.261. The number of nitrogens with zero attached hydrogens (tertiary/aromatic N) is 4. The number of benzene rings is 1. The maximum absolute atomic E-state index is 12.6. The SMILES string of the molecule is CCC(C)n1ncc2cc(C(=O)NCc3n[nH]c(=O)c4ccccc34)cnc21. The fourth-order valence-corrected chi connectivity index (χ4v) is 3.13. The van der Waals surface area contributed by atoms with E-state index in [-0.39, 0.29) is 24.1 Å². The van der Waals surface area contributed by atoms with Gasteiger partial charge in [-0.2, -0.15) is 10.2 Å². The maximum atomic E-state index is 12.6. The molecule has 0 radical (unpaired) electrons. The van der Waals surface area contributed by atoms with Crippen molar-refractivity contribution in [3.63, 3.8) is 0 Å². The van der Waals surface area contributed by atoms with Crippen molar-refractivity contribution in [3.8, 4) is 0 Å². The number of hydrogen-bond donors (Lipinski definition) is 2. The van der Waals surface area contributed by atoms with Crippen molar-refractivity contribution in [2.45, 2.75) is 32.9 Å². The number of carbonyl (C=O) groups excluding carboxylic acids is 1. The van der Waals surface area contributed by atoms with E-state index < -0.39 is 0 Å². The van der Waals surface area contributed by atoms with Gasteiger partial charge in [0, 0.05) is 17.0 Å². The normalized spacial score (nSPS) is 12.4. The van der Waals surface area contributed by atoms with Crippen LogP contribution < -0.4 is 10.9 Å². The van der Waals surface area contributed by atoms with E-state index in [1.807, 2.05) is 16.8 Å². The third-order valence-corrected chi connectivity index (χ3v) is 4.90. The standard InChI is InChI=1S/C20H20N6O2/c1-3-12(2)26-18-13(10-23-26)8-14(9-21-18)19(27)22-11-17-15-6-4-5-7-16(15)20(28)25-24-17/h4-10,12H,3,11H2,1-2H3,(H,22,27)(H,25,28). The van der Waals surface area contributed by atoms with Crippen LogP contribution in [0.25, 0.3) is 21.8 Å². The van der Waals surface area contributed by atoms with Gasteiger partial charge in [0.05, 0.1) is 35.4 Å². The Hall–Kier alpha value is -3.55. The van der Waals surface area contributed by atoms with Gasteiger partial charge in [-0.05, 0) is 25.5 Å². The first-order valence-electron chi connectivity index (χ1n) is 9.16. The van der Waals surface area contributed by atoms with Gasteiger partial charge in [-0.3, -0.25) is 9.59 Å². The number of aromatic amines is 1. The molecule has 1 atom stereocenters. The third-order valence-electron chi connectivity index (χ3n) is 4.90. The number of carbonyl (C=O) groups is 1. The predicted molar refractivity (Wildman–Crippen MR) is 106 cm³/mol. The molecule has 28 heavy (non-hydrogen) atoms. The van der Waals surface area contributed by atoms with Gasteiger partial charge in [0.25, 0.3) is 11.5 Å². The van der Waals surface area contributed by atoms with Crippen LogP contribution in [0.15, 0.2) is 47.5 Å². The number of pyridine rings is 1. The van der Waals surface area contributed by atoms with Crippen LogP contribution >= 0.6 is 0 Å². The van der Waals surface area contributed by atoms with Crippen molar-refractivity contribution in [2.75, 3.05) is 0 Å². The molecule has 1 unspecified atom stereocenters. The number of aromatic nitrogens is 5. The van der Waals surface area contributed by atoms with Crippen LogP contribution in [-0.4, -0.2) is 30.9 Å². The number of amides is 1. The molecule has 1 aromatic carbocycles. The highest BCUT2D eigenvalue weighted by atomic mass is 16.1. The second-order valence-electron chi connectivity index (χ2n) is 6.71. The van der Waals surface area contributed by atoms with Crippen molar-refractivity contribution in [1.82, 2.24) is 30.3 Å². The molecule has 0 aliphatic heterocycles. The molecule has 0 saturated carbocycles. The van der Waals surface area contributed by atoms with E-state index in [9.17, 15) is 9.59 Å². The Kier molecular flexibility index (Phi) is 4.60. The van der Waals surface area contributed by atoms with E-state index >= 15 is 0 Å². The van der Waals surface area contributed by atoms with Gasteiger partial charge in [-0.15, -0.1) is 0 Å². The fraction of sp³-hybridized carbons (Fsp3) is 0.250. The third kappa shape index (κ3) is 3.13. The lowest BCUT2D eigenvalue weighted by molar-refractivity contribution is 0.0950. The molecule has 4 aromatic rings. The topological polar surface area (TPSA) is 106 Å². The van der Waals surface area contributed by atoms with Gasteiger partial charge in [-0.1, -0.05) is 25.1 Å². The minimum Gasteiger partial charge on any atom is -0.346 e. The summed E-state index contributed by atoms with van der Waals surface area (Å²) in [5, 5.41) is 15.8. The summed E-state index contributed by atoms with van der Waals surface area (Å²) in [6.45, 7) is 4.37. The first-order chi connectivity index (χ1) is 13.6. The average Bonchev–Trinajstić information content (AvgIpc) is 3.16. The summed E-state index contributed by atoms with van der Waals surface area (Å²) in [6, 6.07) is 9.19. The highest BCUT2D eigenvalue weighted by Gasteiger charge is 2.14. The molecular weight excluding hydrogens is 356 g/mol. The summed E-state index contributed by atoms with van der Waals surface area (Å²) in [4.78, 5) is 28.9.